The summed E-state index contributed by atoms with van der Waals surface area (Å²) in [4.78, 5) is 9.21. The first-order chi connectivity index (χ1) is 16.4. The Bertz CT molecular complexity index is 1550. The quantitative estimate of drug-likeness (QED) is 0.266. The van der Waals surface area contributed by atoms with Gasteiger partial charge in [0.25, 0.3) is 0 Å². The highest BCUT2D eigenvalue weighted by Gasteiger charge is 2.13. The Hall–Kier alpha value is -4.98. The molecule has 0 aliphatic rings. The van der Waals surface area contributed by atoms with E-state index in [9.17, 15) is 0 Å². The highest BCUT2D eigenvalue weighted by Crippen LogP contribution is 2.33. The fourth-order valence-electron chi connectivity index (χ4n) is 4.06. The molecule has 6 aromatic rings. The van der Waals surface area contributed by atoms with Crippen molar-refractivity contribution in [3.63, 3.8) is 0 Å². The average molecular weight is 448 g/mol. The Labute approximate surface area is 193 Å². The molecule has 0 aliphatic carbocycles. The lowest BCUT2D eigenvalue weighted by Gasteiger charge is -2.01. The van der Waals surface area contributed by atoms with Gasteiger partial charge in [-0.2, -0.15) is 0 Å². The zero-order valence-electron chi connectivity index (χ0n) is 17.9. The summed E-state index contributed by atoms with van der Waals surface area (Å²) in [5.74, 6) is 0.923. The smallest absolute Gasteiger partial charge is 0.227 e. The largest absolute Gasteiger partial charge is 0.436 e. The van der Waals surface area contributed by atoms with Crippen LogP contribution in [0.1, 0.15) is 0 Å². The molecule has 8 heteroatoms. The fourth-order valence-corrected chi connectivity index (χ4v) is 4.06. The van der Waals surface area contributed by atoms with E-state index in [4.69, 9.17) is 31.8 Å². The molecule has 0 spiro atoms. The van der Waals surface area contributed by atoms with Gasteiger partial charge in [0, 0.05) is 33.9 Å². The van der Waals surface area contributed by atoms with Crippen LogP contribution in [-0.2, 0) is 0 Å². The number of nitrogens with zero attached hydrogens (tertiary/aromatic N) is 2. The van der Waals surface area contributed by atoms with E-state index in [2.05, 4.69) is 9.97 Å². The van der Waals surface area contributed by atoms with Gasteiger partial charge < -0.3 is 31.8 Å². The van der Waals surface area contributed by atoms with Gasteiger partial charge in [0.2, 0.25) is 11.8 Å². The van der Waals surface area contributed by atoms with E-state index in [0.717, 1.165) is 33.3 Å². The molecule has 0 bridgehead atoms. The third-order valence-corrected chi connectivity index (χ3v) is 5.56. The second kappa shape index (κ2) is 7.28. The van der Waals surface area contributed by atoms with Crippen LogP contribution < -0.4 is 22.9 Å². The number of hydrogen-bond acceptors (Lipinski definition) is 8. The van der Waals surface area contributed by atoms with Crippen molar-refractivity contribution in [3.05, 3.63) is 72.8 Å². The third kappa shape index (κ3) is 3.43. The summed E-state index contributed by atoms with van der Waals surface area (Å²) in [6.45, 7) is 0. The predicted octanol–water partition coefficient (Wildman–Crippen LogP) is 5.30. The van der Waals surface area contributed by atoms with Gasteiger partial charge in [-0.1, -0.05) is 12.1 Å². The number of fused-ring (bicyclic) bond motifs is 2. The van der Waals surface area contributed by atoms with E-state index in [0.29, 0.717) is 45.7 Å². The van der Waals surface area contributed by atoms with Gasteiger partial charge >= 0.3 is 0 Å². The Morgan fingerprint density at radius 1 is 0.441 bits per heavy atom. The third-order valence-electron chi connectivity index (χ3n) is 5.56. The number of benzene rings is 4. The van der Waals surface area contributed by atoms with Gasteiger partial charge in [0.1, 0.15) is 11.0 Å². The van der Waals surface area contributed by atoms with Gasteiger partial charge in [-0.05, 0) is 71.8 Å². The van der Waals surface area contributed by atoms with Gasteiger partial charge in [-0.3, -0.25) is 0 Å². The minimum atomic E-state index is 0.461. The number of oxazole rings is 2. The first kappa shape index (κ1) is 19.7. The monoisotopic (exact) mass is 448 g/mol. The van der Waals surface area contributed by atoms with Gasteiger partial charge in [0.15, 0.2) is 11.2 Å². The summed E-state index contributed by atoms with van der Waals surface area (Å²) in [5.41, 5.74) is 32.1. The molecule has 6 rings (SSSR count). The molecule has 0 amide bonds. The summed E-state index contributed by atoms with van der Waals surface area (Å²) < 4.78 is 11.9. The maximum Gasteiger partial charge on any atom is 0.227 e. The van der Waals surface area contributed by atoms with Crippen LogP contribution in [0.5, 0.6) is 0 Å². The van der Waals surface area contributed by atoms with Crippen LogP contribution in [0.15, 0.2) is 81.6 Å². The van der Waals surface area contributed by atoms with Crippen LogP contribution in [-0.4, -0.2) is 9.97 Å². The zero-order chi connectivity index (χ0) is 23.4. The number of hydrogen-bond donors (Lipinski definition) is 4. The van der Waals surface area contributed by atoms with E-state index in [1.54, 1.807) is 36.4 Å². The molecule has 0 unspecified atom stereocenters. The number of nitrogen functional groups attached to an aromatic ring is 4. The lowest BCUT2D eigenvalue weighted by Crippen LogP contribution is -1.91. The number of rotatable bonds is 3. The first-order valence-corrected chi connectivity index (χ1v) is 10.6. The lowest BCUT2D eigenvalue weighted by atomic mass is 10.0. The van der Waals surface area contributed by atoms with Crippen LogP contribution >= 0.6 is 0 Å². The van der Waals surface area contributed by atoms with Crippen molar-refractivity contribution in [2.75, 3.05) is 22.9 Å². The van der Waals surface area contributed by atoms with Gasteiger partial charge in [-0.15, -0.1) is 0 Å². The molecule has 0 saturated carbocycles. The fraction of sp³-hybridized carbons (Fsp3) is 0. The molecule has 0 saturated heterocycles. The van der Waals surface area contributed by atoms with E-state index in [-0.39, 0.29) is 0 Å². The Morgan fingerprint density at radius 3 is 1.56 bits per heavy atom. The van der Waals surface area contributed by atoms with Crippen LogP contribution in [0.4, 0.5) is 22.7 Å². The molecule has 0 atom stereocenters. The highest BCUT2D eigenvalue weighted by atomic mass is 16.4. The molecule has 34 heavy (non-hydrogen) atoms. The van der Waals surface area contributed by atoms with E-state index >= 15 is 0 Å². The van der Waals surface area contributed by atoms with Crippen LogP contribution in [0.2, 0.25) is 0 Å². The molecule has 2 heterocycles. The maximum atomic E-state index is 6.02. The standard InChI is InChI=1S/C26H20N6O2/c27-17-5-15(6-18(28)11-17)25-31-21-3-1-14(10-24(21)34-25)13-2-4-23-22(9-13)32-26(33-23)16-7-19(29)12-20(30)8-16/h1-12H,27-30H2. The predicted molar refractivity (Wildman–Crippen MR) is 136 cm³/mol. The van der Waals surface area contributed by atoms with Crippen molar-refractivity contribution in [1.82, 2.24) is 9.97 Å². The Kier molecular flexibility index (Phi) is 4.21. The van der Waals surface area contributed by atoms with Gasteiger partial charge in [-0.25, -0.2) is 9.97 Å². The van der Waals surface area contributed by atoms with Crippen LogP contribution in [0.3, 0.4) is 0 Å². The molecule has 166 valence electrons. The summed E-state index contributed by atoms with van der Waals surface area (Å²) in [6, 6.07) is 22.2. The second-order valence-electron chi connectivity index (χ2n) is 8.18. The van der Waals surface area contributed by atoms with E-state index in [1.165, 1.54) is 0 Å². The van der Waals surface area contributed by atoms with Crippen molar-refractivity contribution in [3.8, 4) is 34.0 Å². The zero-order valence-corrected chi connectivity index (χ0v) is 17.9. The summed E-state index contributed by atoms with van der Waals surface area (Å²) in [5, 5.41) is 0. The molecule has 2 aromatic heterocycles. The Balaban J connectivity index is 1.38. The SMILES string of the molecule is Nc1cc(N)cc(-c2nc3cc(-c4ccc5nc(-c6cc(N)cc(N)c6)oc5c4)ccc3o2)c1. The van der Waals surface area contributed by atoms with Crippen LogP contribution in [0, 0.1) is 0 Å². The van der Waals surface area contributed by atoms with Crippen molar-refractivity contribution in [2.45, 2.75) is 0 Å². The molecule has 8 N–H and O–H groups in total. The van der Waals surface area contributed by atoms with Gasteiger partial charge in [0.05, 0.1) is 0 Å². The topological polar surface area (TPSA) is 156 Å². The highest BCUT2D eigenvalue weighted by molar-refractivity contribution is 5.87. The molecule has 8 nitrogen and oxygen atoms in total. The summed E-state index contributed by atoms with van der Waals surface area (Å²) in [6.07, 6.45) is 0. The summed E-state index contributed by atoms with van der Waals surface area (Å²) in [7, 11) is 0. The lowest BCUT2D eigenvalue weighted by molar-refractivity contribution is 0.620. The van der Waals surface area contributed by atoms with E-state index in [1.807, 2.05) is 36.4 Å². The van der Waals surface area contributed by atoms with Crippen molar-refractivity contribution in [2.24, 2.45) is 0 Å². The summed E-state index contributed by atoms with van der Waals surface area (Å²) >= 11 is 0. The molecular weight excluding hydrogens is 428 g/mol. The minimum Gasteiger partial charge on any atom is -0.436 e. The second-order valence-corrected chi connectivity index (χ2v) is 8.18. The normalized spacial score (nSPS) is 11.4. The molecular formula is C26H20N6O2. The first-order valence-electron chi connectivity index (χ1n) is 10.6. The van der Waals surface area contributed by atoms with Crippen molar-refractivity contribution < 1.29 is 8.83 Å². The number of nitrogens with two attached hydrogens (primary N) is 4. The molecule has 0 aliphatic heterocycles. The van der Waals surface area contributed by atoms with Crippen molar-refractivity contribution in [1.29, 1.82) is 0 Å². The van der Waals surface area contributed by atoms with Crippen molar-refractivity contribution >= 4 is 44.9 Å². The Morgan fingerprint density at radius 2 is 0.941 bits per heavy atom. The van der Waals surface area contributed by atoms with Crippen LogP contribution in [0.25, 0.3) is 56.2 Å². The number of aromatic nitrogens is 2. The molecule has 0 fully saturated rings. The van der Waals surface area contributed by atoms with E-state index < -0.39 is 0 Å². The average Bonchev–Trinajstić information content (AvgIpc) is 3.41. The molecule has 4 aromatic carbocycles. The maximum absolute atomic E-state index is 6.02. The molecule has 0 radical (unpaired) electrons. The minimum absolute atomic E-state index is 0.461. The number of anilines is 4.